The summed E-state index contributed by atoms with van der Waals surface area (Å²) in [7, 11) is 4.82. The molecule has 0 spiro atoms. The molecular formula is C26H28FN3O4. The predicted molar refractivity (Wildman–Crippen MR) is 128 cm³/mol. The Balaban J connectivity index is 1.60. The maximum atomic E-state index is 13.4. The summed E-state index contributed by atoms with van der Waals surface area (Å²) in [4.78, 5) is 15.2. The van der Waals surface area contributed by atoms with Crippen molar-refractivity contribution in [3.05, 3.63) is 70.8 Å². The lowest BCUT2D eigenvalue weighted by Crippen LogP contribution is -2.35. The zero-order valence-corrected chi connectivity index (χ0v) is 20.0. The van der Waals surface area contributed by atoms with Gasteiger partial charge in [0.1, 0.15) is 23.1 Å². The molecule has 4 rings (SSSR count). The fourth-order valence-electron chi connectivity index (χ4n) is 4.35. The van der Waals surface area contributed by atoms with E-state index in [-0.39, 0.29) is 11.7 Å². The van der Waals surface area contributed by atoms with Crippen molar-refractivity contribution in [1.82, 2.24) is 14.7 Å². The molecule has 0 saturated heterocycles. The average Bonchev–Trinajstić information content (AvgIpc) is 3.16. The van der Waals surface area contributed by atoms with Crippen LogP contribution in [-0.4, -0.2) is 55.0 Å². The highest BCUT2D eigenvalue weighted by atomic mass is 19.1. The normalized spacial score (nSPS) is 13.5. The molecule has 2 heterocycles. The first-order valence-electron chi connectivity index (χ1n) is 11.0. The van der Waals surface area contributed by atoms with Crippen molar-refractivity contribution in [2.24, 2.45) is 0 Å². The van der Waals surface area contributed by atoms with Crippen LogP contribution in [0.5, 0.6) is 17.2 Å². The Kier molecular flexibility index (Phi) is 6.58. The van der Waals surface area contributed by atoms with Crippen LogP contribution in [0.3, 0.4) is 0 Å². The van der Waals surface area contributed by atoms with Crippen LogP contribution in [0.4, 0.5) is 4.39 Å². The Morgan fingerprint density at radius 1 is 1.00 bits per heavy atom. The number of hydrogen-bond acceptors (Lipinski definition) is 5. The van der Waals surface area contributed by atoms with E-state index >= 15 is 0 Å². The molecule has 1 amide bonds. The van der Waals surface area contributed by atoms with Crippen LogP contribution in [0.25, 0.3) is 11.3 Å². The molecule has 0 N–H and O–H groups in total. The summed E-state index contributed by atoms with van der Waals surface area (Å²) in [6, 6.07) is 9.71. The number of halogens is 1. The molecule has 0 fully saturated rings. The third-order valence-electron chi connectivity index (χ3n) is 6.11. The minimum Gasteiger partial charge on any atom is -0.496 e. The zero-order valence-electron chi connectivity index (χ0n) is 20.0. The molecule has 1 aliphatic heterocycles. The lowest BCUT2D eigenvalue weighted by Gasteiger charge is -2.28. The summed E-state index contributed by atoms with van der Waals surface area (Å²) in [5.41, 5.74) is 4.56. The van der Waals surface area contributed by atoms with Gasteiger partial charge in [-0.1, -0.05) is 6.08 Å². The molecule has 178 valence electrons. The number of benzene rings is 2. The van der Waals surface area contributed by atoms with Gasteiger partial charge in [0.25, 0.3) is 5.91 Å². The molecule has 0 unspecified atom stereocenters. The van der Waals surface area contributed by atoms with Gasteiger partial charge in [0.05, 0.1) is 49.5 Å². The quantitative estimate of drug-likeness (QED) is 0.533. The molecule has 0 bridgehead atoms. The Hall–Kier alpha value is -3.81. The molecule has 3 aromatic rings. The molecule has 1 aromatic heterocycles. The van der Waals surface area contributed by atoms with E-state index in [1.165, 1.54) is 12.1 Å². The first-order chi connectivity index (χ1) is 16.4. The summed E-state index contributed by atoms with van der Waals surface area (Å²) in [5.74, 6) is 1.58. The molecule has 0 saturated carbocycles. The summed E-state index contributed by atoms with van der Waals surface area (Å²) in [6.07, 6.45) is 2.68. The molecule has 7 nitrogen and oxygen atoms in total. The maximum Gasteiger partial charge on any atom is 0.257 e. The van der Waals surface area contributed by atoms with Crippen LogP contribution in [-0.2, 0) is 0 Å². The van der Waals surface area contributed by atoms with Crippen molar-refractivity contribution in [2.75, 3.05) is 34.4 Å². The van der Waals surface area contributed by atoms with Gasteiger partial charge in [-0.25, -0.2) is 9.07 Å². The van der Waals surface area contributed by atoms with Crippen molar-refractivity contribution >= 4 is 11.5 Å². The van der Waals surface area contributed by atoms with Crippen molar-refractivity contribution in [3.63, 3.8) is 0 Å². The largest absolute Gasteiger partial charge is 0.496 e. The number of aromatic nitrogens is 2. The number of ether oxygens (including phenoxy) is 3. The SMILES string of the molecule is COc1cc(OC)c(C2=CCN(C(=O)c3c(C)nn(-c4ccc(F)cc4)c3C)CC2)c(OC)c1. The van der Waals surface area contributed by atoms with Gasteiger partial charge in [-0.05, 0) is 50.1 Å². The molecule has 1 aliphatic rings. The predicted octanol–water partition coefficient (Wildman–Crippen LogP) is 4.58. The third kappa shape index (κ3) is 4.23. The lowest BCUT2D eigenvalue weighted by molar-refractivity contribution is 0.0771. The van der Waals surface area contributed by atoms with E-state index in [0.29, 0.717) is 53.7 Å². The summed E-state index contributed by atoms with van der Waals surface area (Å²) in [5, 5.41) is 4.54. The molecule has 8 heteroatoms. The second kappa shape index (κ2) is 9.59. The average molecular weight is 466 g/mol. The number of carbonyl (C=O) groups is 1. The number of rotatable bonds is 6. The maximum absolute atomic E-state index is 13.4. The minimum absolute atomic E-state index is 0.0766. The Bertz CT molecular complexity index is 1220. The van der Waals surface area contributed by atoms with Crippen molar-refractivity contribution < 1.29 is 23.4 Å². The third-order valence-corrected chi connectivity index (χ3v) is 6.11. The lowest BCUT2D eigenvalue weighted by atomic mass is 9.96. The number of aryl methyl sites for hydroxylation is 1. The van der Waals surface area contributed by atoms with E-state index in [9.17, 15) is 9.18 Å². The molecule has 34 heavy (non-hydrogen) atoms. The van der Waals surface area contributed by atoms with Crippen LogP contribution < -0.4 is 14.2 Å². The molecule has 0 aliphatic carbocycles. The fraction of sp³-hybridized carbons (Fsp3) is 0.308. The topological polar surface area (TPSA) is 65.8 Å². The van der Waals surface area contributed by atoms with Gasteiger partial charge in [-0.2, -0.15) is 5.10 Å². The van der Waals surface area contributed by atoms with Crippen LogP contribution >= 0.6 is 0 Å². The first kappa shape index (κ1) is 23.4. The highest BCUT2D eigenvalue weighted by Gasteiger charge is 2.27. The van der Waals surface area contributed by atoms with Gasteiger partial charge in [0.2, 0.25) is 0 Å². The number of carbonyl (C=O) groups excluding carboxylic acids is 1. The van der Waals surface area contributed by atoms with Crippen molar-refractivity contribution in [2.45, 2.75) is 20.3 Å². The monoisotopic (exact) mass is 465 g/mol. The van der Waals surface area contributed by atoms with E-state index in [0.717, 1.165) is 16.8 Å². The van der Waals surface area contributed by atoms with Crippen LogP contribution in [0.15, 0.2) is 42.5 Å². The number of amides is 1. The molecular weight excluding hydrogens is 437 g/mol. The molecule has 0 atom stereocenters. The molecule has 0 radical (unpaired) electrons. The van der Waals surface area contributed by atoms with Crippen LogP contribution in [0.2, 0.25) is 0 Å². The van der Waals surface area contributed by atoms with Crippen molar-refractivity contribution in [3.8, 4) is 22.9 Å². The van der Waals surface area contributed by atoms with Gasteiger partial charge in [0, 0.05) is 25.2 Å². The van der Waals surface area contributed by atoms with Crippen LogP contribution in [0.1, 0.15) is 33.7 Å². The second-order valence-corrected chi connectivity index (χ2v) is 8.07. The van der Waals surface area contributed by atoms with Crippen molar-refractivity contribution in [1.29, 1.82) is 0 Å². The highest BCUT2D eigenvalue weighted by Crippen LogP contribution is 2.41. The fourth-order valence-corrected chi connectivity index (χ4v) is 4.35. The van der Waals surface area contributed by atoms with Gasteiger partial charge >= 0.3 is 0 Å². The number of nitrogens with zero attached hydrogens (tertiary/aromatic N) is 3. The minimum atomic E-state index is -0.317. The Labute approximate surface area is 198 Å². The van der Waals surface area contributed by atoms with Gasteiger partial charge in [-0.3, -0.25) is 4.79 Å². The van der Waals surface area contributed by atoms with E-state index in [1.54, 1.807) is 43.0 Å². The van der Waals surface area contributed by atoms with Gasteiger partial charge in [-0.15, -0.1) is 0 Å². The molecule has 2 aromatic carbocycles. The van der Waals surface area contributed by atoms with E-state index in [1.807, 2.05) is 32.1 Å². The standard InChI is InChI=1S/C26H28FN3O4/c1-16-24(17(2)30(28-16)20-8-6-19(27)7-9-20)26(31)29-12-10-18(11-13-29)25-22(33-4)14-21(32-3)15-23(25)34-5/h6-10,14-15H,11-13H2,1-5H3. The number of methoxy groups -OCH3 is 3. The Morgan fingerprint density at radius 2 is 1.65 bits per heavy atom. The zero-order chi connectivity index (χ0) is 24.4. The first-order valence-corrected chi connectivity index (χ1v) is 11.0. The van der Waals surface area contributed by atoms with E-state index < -0.39 is 0 Å². The van der Waals surface area contributed by atoms with E-state index in [4.69, 9.17) is 14.2 Å². The van der Waals surface area contributed by atoms with Gasteiger partial charge in [0.15, 0.2) is 0 Å². The van der Waals surface area contributed by atoms with E-state index in [2.05, 4.69) is 5.10 Å². The van der Waals surface area contributed by atoms with Crippen LogP contribution in [0, 0.1) is 19.7 Å². The smallest absolute Gasteiger partial charge is 0.257 e. The summed E-state index contributed by atoms with van der Waals surface area (Å²) < 4.78 is 31.5. The Morgan fingerprint density at radius 3 is 2.18 bits per heavy atom. The highest BCUT2D eigenvalue weighted by molar-refractivity contribution is 5.97. The summed E-state index contributed by atoms with van der Waals surface area (Å²) >= 11 is 0. The summed E-state index contributed by atoms with van der Waals surface area (Å²) in [6.45, 7) is 4.67. The second-order valence-electron chi connectivity index (χ2n) is 8.07. The number of hydrogen-bond donors (Lipinski definition) is 0. The van der Waals surface area contributed by atoms with Gasteiger partial charge < -0.3 is 19.1 Å².